The number of imidazole rings is 1. The van der Waals surface area contributed by atoms with E-state index in [0.717, 1.165) is 26.3 Å². The van der Waals surface area contributed by atoms with E-state index < -0.39 is 0 Å². The molecule has 0 atom stereocenters. The van der Waals surface area contributed by atoms with E-state index >= 15 is 0 Å². The molecule has 0 bridgehead atoms. The molecule has 0 spiro atoms. The first-order valence-corrected chi connectivity index (χ1v) is 8.54. The molecule has 0 saturated carbocycles. The molecule has 0 unspecified atom stereocenters. The quantitative estimate of drug-likeness (QED) is 0.661. The zero-order chi connectivity index (χ0) is 14.1. The maximum absolute atomic E-state index is 4.69. The Morgan fingerprint density at radius 2 is 2.10 bits per heavy atom. The molecule has 0 amide bonds. The van der Waals surface area contributed by atoms with Gasteiger partial charge in [-0.2, -0.15) is 0 Å². The number of thioether (sulfide) groups is 1. The summed E-state index contributed by atoms with van der Waals surface area (Å²) in [5.41, 5.74) is 4.77. The van der Waals surface area contributed by atoms with Gasteiger partial charge in [-0.25, -0.2) is 9.50 Å². The highest BCUT2D eigenvalue weighted by molar-refractivity contribution is 8.01. The van der Waals surface area contributed by atoms with E-state index in [4.69, 9.17) is 0 Å². The number of aryl methyl sites for hydroxylation is 2. The van der Waals surface area contributed by atoms with E-state index in [2.05, 4.69) is 49.1 Å². The van der Waals surface area contributed by atoms with Gasteiger partial charge in [-0.3, -0.25) is 0 Å². The SMILES string of the molecule is CCCSc1nn2cc(-c3ccc(C)c(C)c3)nc2s1. The van der Waals surface area contributed by atoms with Crippen LogP contribution in [0.1, 0.15) is 24.5 Å². The van der Waals surface area contributed by atoms with Crippen LogP contribution >= 0.6 is 23.1 Å². The molecule has 0 radical (unpaired) electrons. The Hall–Kier alpha value is -1.33. The molecule has 0 aliphatic carbocycles. The van der Waals surface area contributed by atoms with Crippen LogP contribution in [0.5, 0.6) is 0 Å². The largest absolute Gasteiger partial charge is 0.217 e. The first kappa shape index (κ1) is 13.6. The minimum Gasteiger partial charge on any atom is -0.217 e. The van der Waals surface area contributed by atoms with Crippen molar-refractivity contribution in [3.8, 4) is 11.3 Å². The molecule has 1 aromatic carbocycles. The predicted molar refractivity (Wildman–Crippen MR) is 86.8 cm³/mol. The summed E-state index contributed by atoms with van der Waals surface area (Å²) >= 11 is 3.47. The van der Waals surface area contributed by atoms with Crippen molar-refractivity contribution in [1.29, 1.82) is 0 Å². The highest BCUT2D eigenvalue weighted by atomic mass is 32.2. The van der Waals surface area contributed by atoms with Crippen LogP contribution in [0.2, 0.25) is 0 Å². The fourth-order valence-corrected chi connectivity index (χ4v) is 3.82. The molecule has 2 heterocycles. The van der Waals surface area contributed by atoms with Crippen LogP contribution < -0.4 is 0 Å². The van der Waals surface area contributed by atoms with Gasteiger partial charge in [0.2, 0.25) is 4.96 Å². The monoisotopic (exact) mass is 303 g/mol. The van der Waals surface area contributed by atoms with Gasteiger partial charge in [0.05, 0.1) is 11.9 Å². The predicted octanol–water partition coefficient (Wildman–Crippen LogP) is 4.58. The number of rotatable bonds is 4. The van der Waals surface area contributed by atoms with Crippen LogP contribution in [0.15, 0.2) is 28.7 Å². The van der Waals surface area contributed by atoms with Crippen molar-refractivity contribution in [2.45, 2.75) is 31.5 Å². The first-order valence-electron chi connectivity index (χ1n) is 6.74. The van der Waals surface area contributed by atoms with Crippen molar-refractivity contribution >= 4 is 28.1 Å². The van der Waals surface area contributed by atoms with Crippen molar-refractivity contribution in [2.24, 2.45) is 0 Å². The molecule has 0 fully saturated rings. The van der Waals surface area contributed by atoms with Gasteiger partial charge in [-0.15, -0.1) is 5.10 Å². The lowest BCUT2D eigenvalue weighted by Crippen LogP contribution is -1.84. The van der Waals surface area contributed by atoms with E-state index in [1.54, 1.807) is 23.1 Å². The van der Waals surface area contributed by atoms with Crippen LogP contribution in [-0.4, -0.2) is 20.4 Å². The molecule has 3 aromatic rings. The van der Waals surface area contributed by atoms with Crippen molar-refractivity contribution in [2.75, 3.05) is 5.75 Å². The summed E-state index contributed by atoms with van der Waals surface area (Å²) in [5.74, 6) is 1.11. The fourth-order valence-electron chi connectivity index (χ4n) is 1.97. The standard InChI is InChI=1S/C15H17N3S2/c1-4-7-19-15-17-18-9-13(16-14(18)20-15)12-6-5-10(2)11(3)8-12/h5-6,8-9H,4,7H2,1-3H3. The van der Waals surface area contributed by atoms with Gasteiger partial charge in [0.15, 0.2) is 4.34 Å². The topological polar surface area (TPSA) is 30.2 Å². The van der Waals surface area contributed by atoms with Crippen molar-refractivity contribution < 1.29 is 0 Å². The smallest absolute Gasteiger partial charge is 0.213 e. The first-order chi connectivity index (χ1) is 9.67. The summed E-state index contributed by atoms with van der Waals surface area (Å²) in [6, 6.07) is 6.46. The summed E-state index contributed by atoms with van der Waals surface area (Å²) in [6.45, 7) is 6.45. The maximum atomic E-state index is 4.69. The van der Waals surface area contributed by atoms with Gasteiger partial charge >= 0.3 is 0 Å². The molecular weight excluding hydrogens is 286 g/mol. The van der Waals surface area contributed by atoms with Crippen LogP contribution in [0.4, 0.5) is 0 Å². The Labute approximate surface area is 127 Å². The Balaban J connectivity index is 1.92. The molecule has 0 saturated heterocycles. The fraction of sp³-hybridized carbons (Fsp3) is 0.333. The number of benzene rings is 1. The summed E-state index contributed by atoms with van der Waals surface area (Å²) in [7, 11) is 0. The average molecular weight is 303 g/mol. The number of hydrogen-bond acceptors (Lipinski definition) is 4. The lowest BCUT2D eigenvalue weighted by atomic mass is 10.1. The lowest BCUT2D eigenvalue weighted by Gasteiger charge is -2.01. The number of aromatic nitrogens is 3. The molecule has 3 rings (SSSR count). The molecule has 5 heteroatoms. The van der Waals surface area contributed by atoms with E-state index in [1.807, 2.05) is 10.7 Å². The molecule has 0 aliphatic rings. The second kappa shape index (κ2) is 5.58. The van der Waals surface area contributed by atoms with Gasteiger partial charge in [0.1, 0.15) is 0 Å². The zero-order valence-corrected chi connectivity index (χ0v) is 13.5. The summed E-state index contributed by atoms with van der Waals surface area (Å²) < 4.78 is 2.99. The van der Waals surface area contributed by atoms with Gasteiger partial charge in [0, 0.05) is 11.3 Å². The average Bonchev–Trinajstić information content (AvgIpc) is 2.97. The van der Waals surface area contributed by atoms with Gasteiger partial charge in [-0.05, 0) is 37.5 Å². The van der Waals surface area contributed by atoms with Gasteiger partial charge in [0.25, 0.3) is 0 Å². The number of hydrogen-bond donors (Lipinski definition) is 0. The molecule has 104 valence electrons. The maximum Gasteiger partial charge on any atom is 0.213 e. The molecule has 0 N–H and O–H groups in total. The van der Waals surface area contributed by atoms with E-state index in [1.165, 1.54) is 17.5 Å². The normalized spacial score (nSPS) is 11.3. The van der Waals surface area contributed by atoms with Gasteiger partial charge in [-0.1, -0.05) is 42.2 Å². The van der Waals surface area contributed by atoms with Crippen LogP contribution in [0.3, 0.4) is 0 Å². The Morgan fingerprint density at radius 3 is 2.80 bits per heavy atom. The third kappa shape index (κ3) is 2.60. The Bertz CT molecular complexity index is 711. The second-order valence-corrected chi connectivity index (χ2v) is 7.17. The minimum absolute atomic E-state index is 0.969. The highest BCUT2D eigenvalue weighted by Gasteiger charge is 2.10. The summed E-state index contributed by atoms with van der Waals surface area (Å²) in [5, 5.41) is 4.57. The number of nitrogens with zero attached hydrogens (tertiary/aromatic N) is 3. The van der Waals surface area contributed by atoms with E-state index in [0.29, 0.717) is 0 Å². The Morgan fingerprint density at radius 1 is 1.25 bits per heavy atom. The molecule has 20 heavy (non-hydrogen) atoms. The highest BCUT2D eigenvalue weighted by Crippen LogP contribution is 2.28. The number of fused-ring (bicyclic) bond motifs is 1. The minimum atomic E-state index is 0.969. The molecular formula is C15H17N3S2. The van der Waals surface area contributed by atoms with Crippen LogP contribution in [0.25, 0.3) is 16.2 Å². The zero-order valence-electron chi connectivity index (χ0n) is 11.9. The van der Waals surface area contributed by atoms with Gasteiger partial charge < -0.3 is 0 Å². The Kier molecular flexibility index (Phi) is 3.81. The van der Waals surface area contributed by atoms with Crippen molar-refractivity contribution in [3.05, 3.63) is 35.5 Å². The van der Waals surface area contributed by atoms with Crippen LogP contribution in [0, 0.1) is 13.8 Å². The summed E-state index contributed by atoms with van der Waals surface area (Å²) in [4.78, 5) is 5.66. The molecule has 3 nitrogen and oxygen atoms in total. The van der Waals surface area contributed by atoms with Crippen LogP contribution in [-0.2, 0) is 0 Å². The van der Waals surface area contributed by atoms with Crippen molar-refractivity contribution in [1.82, 2.24) is 14.6 Å². The molecule has 0 aliphatic heterocycles. The molecule has 2 aromatic heterocycles. The van der Waals surface area contributed by atoms with E-state index in [-0.39, 0.29) is 0 Å². The third-order valence-electron chi connectivity index (χ3n) is 3.26. The summed E-state index contributed by atoms with van der Waals surface area (Å²) in [6.07, 6.45) is 3.19. The second-order valence-electron chi connectivity index (χ2n) is 4.87. The lowest BCUT2D eigenvalue weighted by molar-refractivity contribution is 0.914. The van der Waals surface area contributed by atoms with Crippen molar-refractivity contribution in [3.63, 3.8) is 0 Å². The van der Waals surface area contributed by atoms with E-state index in [9.17, 15) is 0 Å². The third-order valence-corrected chi connectivity index (χ3v) is 5.52.